The standard InChI is InChI=1S/C22H28ClN5O/c23-19-8-2-1-7-18(19)20(27-11-3-4-12-27)14-26-22(29)17-6-5-13-28(16-17)21-15-24-9-10-25-21/h1-2,7-10,15,17,20H,3-6,11-14,16H2,(H,26,29)/t17-,20+/m1/s1. The number of nitrogens with zero attached hydrogens (tertiary/aromatic N) is 4. The van der Waals surface area contributed by atoms with Crippen molar-refractivity contribution in [3.63, 3.8) is 0 Å². The van der Waals surface area contributed by atoms with Crippen LogP contribution in [-0.4, -0.2) is 53.5 Å². The first-order valence-corrected chi connectivity index (χ1v) is 10.9. The zero-order valence-corrected chi connectivity index (χ0v) is 17.4. The Bertz CT molecular complexity index is 812. The monoisotopic (exact) mass is 413 g/mol. The summed E-state index contributed by atoms with van der Waals surface area (Å²) in [4.78, 5) is 26.1. The Hall–Kier alpha value is -2.18. The summed E-state index contributed by atoms with van der Waals surface area (Å²) in [6.45, 7) is 4.29. The number of amides is 1. The summed E-state index contributed by atoms with van der Waals surface area (Å²) >= 11 is 6.49. The van der Waals surface area contributed by atoms with Gasteiger partial charge in [-0.05, 0) is 50.4 Å². The number of rotatable bonds is 6. The Morgan fingerprint density at radius 1 is 1.17 bits per heavy atom. The molecule has 1 aromatic carbocycles. The lowest BCUT2D eigenvalue weighted by atomic mass is 9.96. The van der Waals surface area contributed by atoms with Crippen molar-refractivity contribution >= 4 is 23.3 Å². The summed E-state index contributed by atoms with van der Waals surface area (Å²) in [5, 5.41) is 3.99. The highest BCUT2D eigenvalue weighted by atomic mass is 35.5. The van der Waals surface area contributed by atoms with E-state index >= 15 is 0 Å². The SMILES string of the molecule is O=C(NC[C@@H](c1ccccc1Cl)N1CCCC1)[C@@H]1CCCN(c2cnccn2)C1. The van der Waals surface area contributed by atoms with Crippen molar-refractivity contribution < 1.29 is 4.79 Å². The molecule has 2 aliphatic rings. The first kappa shape index (κ1) is 20.1. The second kappa shape index (κ2) is 9.55. The van der Waals surface area contributed by atoms with Gasteiger partial charge in [0.2, 0.25) is 5.91 Å². The largest absolute Gasteiger partial charge is 0.355 e. The zero-order chi connectivity index (χ0) is 20.1. The summed E-state index contributed by atoms with van der Waals surface area (Å²) < 4.78 is 0. The van der Waals surface area contributed by atoms with E-state index < -0.39 is 0 Å². The lowest BCUT2D eigenvalue weighted by molar-refractivity contribution is -0.125. The molecule has 4 rings (SSSR count). The van der Waals surface area contributed by atoms with Crippen LogP contribution in [0.25, 0.3) is 0 Å². The summed E-state index contributed by atoms with van der Waals surface area (Å²) in [7, 11) is 0. The van der Waals surface area contributed by atoms with Crippen molar-refractivity contribution in [3.8, 4) is 0 Å². The maximum absolute atomic E-state index is 13.0. The summed E-state index contributed by atoms with van der Waals surface area (Å²) in [5.74, 6) is 0.932. The lowest BCUT2D eigenvalue weighted by Crippen LogP contribution is -2.45. The minimum atomic E-state index is -0.0313. The third kappa shape index (κ3) is 4.87. The van der Waals surface area contributed by atoms with Crippen LogP contribution < -0.4 is 10.2 Å². The van der Waals surface area contributed by atoms with Gasteiger partial charge in [-0.3, -0.25) is 14.7 Å². The van der Waals surface area contributed by atoms with Crippen LogP contribution in [0.3, 0.4) is 0 Å². The van der Waals surface area contributed by atoms with Gasteiger partial charge in [-0.15, -0.1) is 0 Å². The number of carbonyl (C=O) groups excluding carboxylic acids is 1. The normalized spacial score (nSPS) is 21.1. The predicted molar refractivity (Wildman–Crippen MR) is 115 cm³/mol. The van der Waals surface area contributed by atoms with Gasteiger partial charge in [0.05, 0.1) is 18.2 Å². The molecule has 2 aliphatic heterocycles. The topological polar surface area (TPSA) is 61.4 Å². The molecular formula is C22H28ClN5O. The molecule has 154 valence electrons. The second-order valence-corrected chi connectivity index (χ2v) is 8.28. The third-order valence-electron chi connectivity index (χ3n) is 5.98. The van der Waals surface area contributed by atoms with Gasteiger partial charge in [0.1, 0.15) is 5.82 Å². The molecule has 0 radical (unpaired) electrons. The van der Waals surface area contributed by atoms with E-state index in [0.717, 1.165) is 48.9 Å². The van der Waals surface area contributed by atoms with E-state index in [1.807, 2.05) is 18.2 Å². The highest BCUT2D eigenvalue weighted by Gasteiger charge is 2.29. The smallest absolute Gasteiger partial charge is 0.224 e. The number of halogens is 1. The molecular weight excluding hydrogens is 386 g/mol. The zero-order valence-electron chi connectivity index (χ0n) is 16.6. The van der Waals surface area contributed by atoms with E-state index in [0.29, 0.717) is 13.1 Å². The van der Waals surface area contributed by atoms with Crippen molar-refractivity contribution in [2.45, 2.75) is 31.7 Å². The number of carbonyl (C=O) groups is 1. The van der Waals surface area contributed by atoms with E-state index in [2.05, 4.69) is 31.2 Å². The molecule has 0 unspecified atom stereocenters. The van der Waals surface area contributed by atoms with Gasteiger partial charge < -0.3 is 10.2 Å². The van der Waals surface area contributed by atoms with Gasteiger partial charge in [0, 0.05) is 37.1 Å². The van der Waals surface area contributed by atoms with Gasteiger partial charge in [-0.2, -0.15) is 0 Å². The molecule has 7 heteroatoms. The molecule has 0 aliphatic carbocycles. The molecule has 2 saturated heterocycles. The summed E-state index contributed by atoms with van der Waals surface area (Å²) in [6, 6.07) is 8.10. The predicted octanol–water partition coefficient (Wildman–Crippen LogP) is 3.30. The Balaban J connectivity index is 1.40. The van der Waals surface area contributed by atoms with Gasteiger partial charge in [0.15, 0.2) is 0 Å². The van der Waals surface area contributed by atoms with E-state index in [1.54, 1.807) is 18.6 Å². The molecule has 0 saturated carbocycles. The van der Waals surface area contributed by atoms with Gasteiger partial charge in [-0.1, -0.05) is 29.8 Å². The molecule has 0 bridgehead atoms. The number of aromatic nitrogens is 2. The van der Waals surface area contributed by atoms with Gasteiger partial charge in [0.25, 0.3) is 0 Å². The van der Waals surface area contributed by atoms with Crippen molar-refractivity contribution in [2.75, 3.05) is 37.6 Å². The number of nitrogens with one attached hydrogen (secondary N) is 1. The van der Waals surface area contributed by atoms with Crippen LogP contribution >= 0.6 is 11.6 Å². The molecule has 2 fully saturated rings. The van der Waals surface area contributed by atoms with Crippen LogP contribution in [0.2, 0.25) is 5.02 Å². The van der Waals surface area contributed by atoms with E-state index in [-0.39, 0.29) is 17.9 Å². The van der Waals surface area contributed by atoms with Gasteiger partial charge in [-0.25, -0.2) is 4.98 Å². The van der Waals surface area contributed by atoms with Crippen LogP contribution in [0.5, 0.6) is 0 Å². The molecule has 1 amide bonds. The van der Waals surface area contributed by atoms with Gasteiger partial charge >= 0.3 is 0 Å². The Kier molecular flexibility index (Phi) is 6.62. The fraction of sp³-hybridized carbons (Fsp3) is 0.500. The van der Waals surface area contributed by atoms with Crippen LogP contribution in [0.1, 0.15) is 37.3 Å². The molecule has 2 aromatic rings. The maximum Gasteiger partial charge on any atom is 0.224 e. The number of hydrogen-bond acceptors (Lipinski definition) is 5. The lowest BCUT2D eigenvalue weighted by Gasteiger charge is -2.33. The highest BCUT2D eigenvalue weighted by molar-refractivity contribution is 6.31. The second-order valence-electron chi connectivity index (χ2n) is 7.87. The molecule has 29 heavy (non-hydrogen) atoms. The number of likely N-dealkylation sites (tertiary alicyclic amines) is 1. The summed E-state index contributed by atoms with van der Waals surface area (Å²) in [5.41, 5.74) is 1.10. The van der Waals surface area contributed by atoms with Crippen LogP contribution in [0, 0.1) is 5.92 Å². The van der Waals surface area contributed by atoms with Crippen LogP contribution in [-0.2, 0) is 4.79 Å². The molecule has 1 aromatic heterocycles. The molecule has 0 spiro atoms. The van der Waals surface area contributed by atoms with Crippen LogP contribution in [0.4, 0.5) is 5.82 Å². The fourth-order valence-corrected chi connectivity index (χ4v) is 4.69. The Morgan fingerprint density at radius 3 is 2.76 bits per heavy atom. The number of hydrogen-bond donors (Lipinski definition) is 1. The van der Waals surface area contributed by atoms with Crippen molar-refractivity contribution in [1.82, 2.24) is 20.2 Å². The molecule has 2 atom stereocenters. The van der Waals surface area contributed by atoms with E-state index in [9.17, 15) is 4.79 Å². The van der Waals surface area contributed by atoms with Crippen molar-refractivity contribution in [1.29, 1.82) is 0 Å². The minimum absolute atomic E-state index is 0.0313. The molecule has 3 heterocycles. The fourth-order valence-electron chi connectivity index (χ4n) is 4.43. The minimum Gasteiger partial charge on any atom is -0.355 e. The maximum atomic E-state index is 13.0. The Labute approximate surface area is 177 Å². The van der Waals surface area contributed by atoms with Crippen LogP contribution in [0.15, 0.2) is 42.9 Å². The van der Waals surface area contributed by atoms with E-state index in [4.69, 9.17) is 11.6 Å². The number of benzene rings is 1. The van der Waals surface area contributed by atoms with Crippen molar-refractivity contribution in [2.24, 2.45) is 5.92 Å². The third-order valence-corrected chi connectivity index (χ3v) is 6.33. The number of anilines is 1. The van der Waals surface area contributed by atoms with E-state index in [1.165, 1.54) is 12.8 Å². The Morgan fingerprint density at radius 2 is 2.00 bits per heavy atom. The molecule has 1 N–H and O–H groups in total. The quantitative estimate of drug-likeness (QED) is 0.787. The highest BCUT2D eigenvalue weighted by Crippen LogP contribution is 2.30. The average Bonchev–Trinajstić information content (AvgIpc) is 3.30. The first-order chi connectivity index (χ1) is 14.2. The summed E-state index contributed by atoms with van der Waals surface area (Å²) in [6.07, 6.45) is 9.42. The van der Waals surface area contributed by atoms with Crippen molar-refractivity contribution in [3.05, 3.63) is 53.4 Å². The number of piperidine rings is 1. The average molecular weight is 414 g/mol. The first-order valence-electron chi connectivity index (χ1n) is 10.5. The molecule has 6 nitrogen and oxygen atoms in total.